The van der Waals surface area contributed by atoms with Crippen molar-refractivity contribution in [2.75, 3.05) is 14.2 Å². The number of ether oxygens (including phenoxy) is 2. The lowest BCUT2D eigenvalue weighted by Gasteiger charge is -2.17. The van der Waals surface area contributed by atoms with Gasteiger partial charge < -0.3 is 14.6 Å². The molecule has 0 aromatic heterocycles. The van der Waals surface area contributed by atoms with E-state index in [0.717, 1.165) is 6.07 Å². The van der Waals surface area contributed by atoms with E-state index in [1.807, 2.05) is 22.6 Å². The molecule has 0 amide bonds. The Bertz CT molecular complexity index is 662. The van der Waals surface area contributed by atoms with Crippen LogP contribution in [0.25, 0.3) is 0 Å². The first-order valence-corrected chi connectivity index (χ1v) is 7.10. The molecule has 0 saturated heterocycles. The van der Waals surface area contributed by atoms with E-state index >= 15 is 0 Å². The van der Waals surface area contributed by atoms with Gasteiger partial charge in [-0.15, -0.1) is 0 Å². The molecule has 0 radical (unpaired) electrons. The molecule has 0 aliphatic carbocycles. The first-order valence-electron chi connectivity index (χ1n) is 6.02. The summed E-state index contributed by atoms with van der Waals surface area (Å²) >= 11 is 1.89. The molecule has 112 valence electrons. The average Bonchev–Trinajstić information content (AvgIpc) is 2.46. The molecule has 0 fully saturated rings. The van der Waals surface area contributed by atoms with Gasteiger partial charge in [0.1, 0.15) is 17.7 Å². The Hall–Kier alpha value is -1.41. The largest absolute Gasteiger partial charge is 0.493 e. The lowest BCUT2D eigenvalue weighted by atomic mass is 10.0. The summed E-state index contributed by atoms with van der Waals surface area (Å²) in [6.07, 6.45) is -1.22. The minimum atomic E-state index is -1.22. The van der Waals surface area contributed by atoms with Crippen molar-refractivity contribution in [2.24, 2.45) is 0 Å². The smallest absolute Gasteiger partial charge is 0.163 e. The number of rotatable bonds is 4. The molecule has 1 atom stereocenters. The molecule has 0 bridgehead atoms. The average molecular weight is 406 g/mol. The maximum Gasteiger partial charge on any atom is 0.163 e. The summed E-state index contributed by atoms with van der Waals surface area (Å²) in [5.41, 5.74) is 0.459. The summed E-state index contributed by atoms with van der Waals surface area (Å²) in [4.78, 5) is 0. The van der Waals surface area contributed by atoms with Crippen LogP contribution in [-0.2, 0) is 0 Å². The van der Waals surface area contributed by atoms with Gasteiger partial charge in [-0.2, -0.15) is 0 Å². The number of aliphatic hydroxyl groups is 1. The van der Waals surface area contributed by atoms with Crippen LogP contribution in [0.5, 0.6) is 11.5 Å². The van der Waals surface area contributed by atoms with Gasteiger partial charge in [0.05, 0.1) is 14.2 Å². The van der Waals surface area contributed by atoms with Gasteiger partial charge in [-0.3, -0.25) is 0 Å². The third-order valence-corrected chi connectivity index (χ3v) is 3.99. The normalized spacial score (nSPS) is 12.1. The number of methoxy groups -OCH3 is 2. The van der Waals surface area contributed by atoms with E-state index in [2.05, 4.69) is 0 Å². The van der Waals surface area contributed by atoms with Crippen molar-refractivity contribution < 1.29 is 23.4 Å². The number of benzene rings is 2. The maximum atomic E-state index is 14.1. The fourth-order valence-electron chi connectivity index (χ4n) is 1.97. The van der Waals surface area contributed by atoms with Gasteiger partial charge in [0.15, 0.2) is 11.5 Å². The van der Waals surface area contributed by atoms with Gasteiger partial charge >= 0.3 is 0 Å². The number of halogens is 3. The maximum absolute atomic E-state index is 14.1. The lowest BCUT2D eigenvalue weighted by molar-refractivity contribution is 0.213. The Kier molecular flexibility index (Phi) is 5.00. The van der Waals surface area contributed by atoms with Crippen LogP contribution >= 0.6 is 22.6 Å². The summed E-state index contributed by atoms with van der Waals surface area (Å²) in [7, 11) is 2.82. The van der Waals surface area contributed by atoms with E-state index < -0.39 is 17.7 Å². The number of hydrogen-bond acceptors (Lipinski definition) is 3. The molecule has 0 saturated carbocycles. The fraction of sp³-hybridized carbons (Fsp3) is 0.200. The molecule has 21 heavy (non-hydrogen) atoms. The second-order valence-corrected chi connectivity index (χ2v) is 5.46. The summed E-state index contributed by atoms with van der Waals surface area (Å²) in [6.45, 7) is 0. The minimum Gasteiger partial charge on any atom is -0.493 e. The van der Waals surface area contributed by atoms with E-state index in [1.165, 1.54) is 38.5 Å². The van der Waals surface area contributed by atoms with E-state index in [4.69, 9.17) is 9.47 Å². The molecule has 1 unspecified atom stereocenters. The van der Waals surface area contributed by atoms with Gasteiger partial charge in [-0.1, -0.05) is 6.07 Å². The molecule has 0 aliphatic rings. The second kappa shape index (κ2) is 6.57. The van der Waals surface area contributed by atoms with Crippen molar-refractivity contribution in [1.29, 1.82) is 0 Å². The fourth-order valence-corrected chi connectivity index (χ4v) is 2.74. The Morgan fingerprint density at radius 3 is 2.19 bits per heavy atom. The van der Waals surface area contributed by atoms with Gasteiger partial charge in [0, 0.05) is 15.2 Å². The molecule has 1 N–H and O–H groups in total. The highest BCUT2D eigenvalue weighted by Gasteiger charge is 2.21. The van der Waals surface area contributed by atoms with Crippen LogP contribution in [0.4, 0.5) is 8.78 Å². The summed E-state index contributed by atoms with van der Waals surface area (Å²) in [5.74, 6) is -0.492. The quantitative estimate of drug-likeness (QED) is 0.788. The van der Waals surface area contributed by atoms with E-state index in [0.29, 0.717) is 14.9 Å². The number of aliphatic hydroxyl groups excluding tert-OH is 1. The summed E-state index contributed by atoms with van der Waals surface area (Å²) in [6, 6.07) is 6.45. The molecule has 2 aromatic rings. The van der Waals surface area contributed by atoms with Crippen LogP contribution < -0.4 is 9.47 Å². The zero-order valence-electron chi connectivity index (χ0n) is 11.4. The van der Waals surface area contributed by atoms with E-state index in [9.17, 15) is 13.9 Å². The van der Waals surface area contributed by atoms with Crippen molar-refractivity contribution in [1.82, 2.24) is 0 Å². The van der Waals surface area contributed by atoms with Crippen molar-refractivity contribution in [3.05, 3.63) is 56.7 Å². The van der Waals surface area contributed by atoms with Gasteiger partial charge in [-0.05, 0) is 46.4 Å². The van der Waals surface area contributed by atoms with Crippen LogP contribution in [0, 0.1) is 15.2 Å². The zero-order chi connectivity index (χ0) is 15.6. The third kappa shape index (κ3) is 3.26. The van der Waals surface area contributed by atoms with Crippen molar-refractivity contribution >= 4 is 22.6 Å². The van der Waals surface area contributed by atoms with Crippen LogP contribution in [-0.4, -0.2) is 19.3 Å². The highest BCUT2D eigenvalue weighted by Crippen LogP contribution is 2.35. The predicted molar refractivity (Wildman–Crippen MR) is 82.7 cm³/mol. The molecule has 6 heteroatoms. The minimum absolute atomic E-state index is 0.0391. The third-order valence-electron chi connectivity index (χ3n) is 3.05. The Labute approximate surface area is 134 Å². The topological polar surface area (TPSA) is 38.7 Å². The predicted octanol–water partition coefficient (Wildman–Crippen LogP) is 3.67. The monoisotopic (exact) mass is 406 g/mol. The van der Waals surface area contributed by atoms with Gasteiger partial charge in [0.25, 0.3) is 0 Å². The molecular formula is C15H13F2IO3. The summed E-state index contributed by atoms with van der Waals surface area (Å²) in [5, 5.41) is 10.4. The van der Waals surface area contributed by atoms with Gasteiger partial charge in [0.2, 0.25) is 0 Å². The van der Waals surface area contributed by atoms with Crippen LogP contribution in [0.1, 0.15) is 17.2 Å². The van der Waals surface area contributed by atoms with Crippen molar-refractivity contribution in [2.45, 2.75) is 6.10 Å². The van der Waals surface area contributed by atoms with Crippen LogP contribution in [0.3, 0.4) is 0 Å². The molecule has 2 rings (SSSR count). The van der Waals surface area contributed by atoms with Crippen molar-refractivity contribution in [3.8, 4) is 11.5 Å². The highest BCUT2D eigenvalue weighted by molar-refractivity contribution is 14.1. The molecule has 0 heterocycles. The SMILES string of the molecule is COc1cc(F)c(C(O)c2ccc(F)cc2I)cc1OC. The van der Waals surface area contributed by atoms with E-state index in [-0.39, 0.29) is 11.3 Å². The second-order valence-electron chi connectivity index (χ2n) is 4.30. The van der Waals surface area contributed by atoms with Crippen molar-refractivity contribution in [3.63, 3.8) is 0 Å². The Morgan fingerprint density at radius 1 is 1.00 bits per heavy atom. The van der Waals surface area contributed by atoms with Gasteiger partial charge in [-0.25, -0.2) is 8.78 Å². The lowest BCUT2D eigenvalue weighted by Crippen LogP contribution is -2.06. The molecule has 0 aliphatic heterocycles. The molecule has 2 aromatic carbocycles. The zero-order valence-corrected chi connectivity index (χ0v) is 13.5. The van der Waals surface area contributed by atoms with Crippen LogP contribution in [0.2, 0.25) is 0 Å². The molecule has 3 nitrogen and oxygen atoms in total. The molecular weight excluding hydrogens is 393 g/mol. The standard InChI is InChI=1S/C15H13F2IO3/c1-20-13-6-10(11(17)7-14(13)21-2)15(19)9-4-3-8(16)5-12(9)18/h3-7,15,19H,1-2H3. The summed E-state index contributed by atoms with van der Waals surface area (Å²) < 4.78 is 37.9. The highest BCUT2D eigenvalue weighted by atomic mass is 127. The Balaban J connectivity index is 2.50. The number of hydrogen-bond donors (Lipinski definition) is 1. The first-order chi connectivity index (χ1) is 9.97. The van der Waals surface area contributed by atoms with Crippen LogP contribution in [0.15, 0.2) is 30.3 Å². The molecule has 0 spiro atoms. The van der Waals surface area contributed by atoms with E-state index in [1.54, 1.807) is 0 Å². The Morgan fingerprint density at radius 2 is 1.62 bits per heavy atom. The first kappa shape index (κ1) is 16.0.